The Morgan fingerprint density at radius 3 is 2.41 bits per heavy atom. The molecule has 1 saturated heterocycles. The number of nitrogens with one attached hydrogen (secondary N) is 2. The molecule has 3 aromatic rings. The number of esters is 2. The van der Waals surface area contributed by atoms with E-state index < -0.39 is 35.3 Å². The summed E-state index contributed by atoms with van der Waals surface area (Å²) in [6.45, 7) is 11.9. The zero-order valence-corrected chi connectivity index (χ0v) is 30.0. The van der Waals surface area contributed by atoms with E-state index in [9.17, 15) is 14.4 Å². The number of fused-ring (bicyclic) bond motifs is 1. The molecule has 1 aliphatic rings. The monoisotopic (exact) mass is 709 g/mol. The van der Waals surface area contributed by atoms with Crippen LogP contribution in [0.4, 0.5) is 10.6 Å². The third kappa shape index (κ3) is 12.7. The molecule has 2 N–H and O–H groups in total. The summed E-state index contributed by atoms with van der Waals surface area (Å²) in [4.78, 5) is 51.2. The van der Waals surface area contributed by atoms with Crippen LogP contribution in [0.15, 0.2) is 30.7 Å². The van der Waals surface area contributed by atoms with E-state index in [1.807, 2.05) is 0 Å². The van der Waals surface area contributed by atoms with E-state index in [2.05, 4.69) is 26.7 Å². The Kier molecular flexibility index (Phi) is 13.5. The number of rotatable bonds is 15. The number of amides is 1. The first-order chi connectivity index (χ1) is 24.2. The summed E-state index contributed by atoms with van der Waals surface area (Å²) in [6, 6.07) is 6.28. The van der Waals surface area contributed by atoms with Crippen molar-refractivity contribution in [2.75, 3.05) is 45.0 Å². The van der Waals surface area contributed by atoms with Gasteiger partial charge in [0, 0.05) is 37.9 Å². The predicted molar refractivity (Wildman–Crippen MR) is 184 cm³/mol. The van der Waals surface area contributed by atoms with Crippen LogP contribution < -0.4 is 15.4 Å². The molecule has 1 aliphatic heterocycles. The van der Waals surface area contributed by atoms with Gasteiger partial charge in [0.05, 0.1) is 18.8 Å². The first kappa shape index (κ1) is 38.8. The minimum atomic E-state index is -1.13. The number of hydrogen-bond donors (Lipinski definition) is 2. The second-order valence-corrected chi connectivity index (χ2v) is 13.8. The molecule has 4 rings (SSSR count). The van der Waals surface area contributed by atoms with Crippen molar-refractivity contribution in [1.29, 1.82) is 5.26 Å². The lowest BCUT2D eigenvalue weighted by molar-refractivity contribution is -0.155. The molecule has 0 saturated carbocycles. The number of pyridine rings is 2. The van der Waals surface area contributed by atoms with E-state index >= 15 is 0 Å². The lowest BCUT2D eigenvalue weighted by Gasteiger charge is -2.24. The van der Waals surface area contributed by atoms with Gasteiger partial charge in [0.2, 0.25) is 0 Å². The lowest BCUT2D eigenvalue weighted by atomic mass is 10.1. The van der Waals surface area contributed by atoms with E-state index in [-0.39, 0.29) is 45.3 Å². The molecule has 276 valence electrons. The van der Waals surface area contributed by atoms with Gasteiger partial charge in [-0.05, 0) is 72.9 Å². The molecule has 0 spiro atoms. The van der Waals surface area contributed by atoms with Crippen LogP contribution in [0.3, 0.4) is 0 Å². The van der Waals surface area contributed by atoms with Gasteiger partial charge in [0.25, 0.3) is 0 Å². The topological polar surface area (TPSA) is 198 Å². The molecule has 0 bridgehead atoms. The number of anilines is 1. The first-order valence-corrected chi connectivity index (χ1v) is 16.9. The zero-order valence-electron chi connectivity index (χ0n) is 30.0. The van der Waals surface area contributed by atoms with Crippen LogP contribution in [-0.4, -0.2) is 100 Å². The average Bonchev–Trinajstić information content (AvgIpc) is 3.47. The predicted octanol–water partition coefficient (Wildman–Crippen LogP) is 4.23. The third-order valence-corrected chi connectivity index (χ3v) is 7.16. The number of carbonyl (C=O) groups is 3. The van der Waals surface area contributed by atoms with Gasteiger partial charge in [-0.2, -0.15) is 5.26 Å². The Labute approximate surface area is 297 Å². The van der Waals surface area contributed by atoms with Crippen molar-refractivity contribution in [3.05, 3.63) is 36.3 Å². The van der Waals surface area contributed by atoms with Crippen molar-refractivity contribution < 1.29 is 42.8 Å². The summed E-state index contributed by atoms with van der Waals surface area (Å²) in [5, 5.41) is 15.1. The van der Waals surface area contributed by atoms with E-state index in [1.165, 1.54) is 6.20 Å². The summed E-state index contributed by atoms with van der Waals surface area (Å²) >= 11 is 0. The molecule has 0 aromatic carbocycles. The Hall–Kier alpha value is -5.01. The van der Waals surface area contributed by atoms with Crippen molar-refractivity contribution in [2.45, 2.75) is 90.5 Å². The fourth-order valence-electron chi connectivity index (χ4n) is 4.90. The van der Waals surface area contributed by atoms with E-state index in [1.54, 1.807) is 70.6 Å². The average molecular weight is 710 g/mol. The van der Waals surface area contributed by atoms with Crippen LogP contribution >= 0.6 is 0 Å². The number of carbonyl (C=O) groups excluding carboxylic acids is 3. The molecule has 0 aliphatic carbocycles. The number of aromatic nitrogens is 4. The summed E-state index contributed by atoms with van der Waals surface area (Å²) in [5.41, 5.74) is 0.130. The van der Waals surface area contributed by atoms with Crippen molar-refractivity contribution in [3.63, 3.8) is 0 Å². The third-order valence-electron chi connectivity index (χ3n) is 7.16. The van der Waals surface area contributed by atoms with Gasteiger partial charge < -0.3 is 39.1 Å². The number of alkyl carbamates (subject to hydrolysis) is 1. The smallest absolute Gasteiger partial charge is 0.408 e. The molecule has 16 nitrogen and oxygen atoms in total. The number of hydrogen-bond acceptors (Lipinski definition) is 14. The Bertz CT molecular complexity index is 1670. The molecule has 16 heteroatoms. The maximum atomic E-state index is 12.9. The van der Waals surface area contributed by atoms with Crippen LogP contribution in [0.2, 0.25) is 0 Å². The van der Waals surface area contributed by atoms with Crippen molar-refractivity contribution in [3.8, 4) is 17.6 Å². The lowest BCUT2D eigenvalue weighted by Crippen LogP contribution is -2.45. The van der Waals surface area contributed by atoms with E-state index in [0.29, 0.717) is 47.3 Å². The van der Waals surface area contributed by atoms with Gasteiger partial charge in [-0.15, -0.1) is 0 Å². The van der Waals surface area contributed by atoms with E-state index in [0.717, 1.165) is 12.8 Å². The summed E-state index contributed by atoms with van der Waals surface area (Å²) in [5.74, 6) is 0.352. The number of nitriles is 1. The van der Waals surface area contributed by atoms with Gasteiger partial charge >= 0.3 is 18.0 Å². The molecular weight excluding hydrogens is 662 g/mol. The fourth-order valence-corrected chi connectivity index (χ4v) is 4.90. The highest BCUT2D eigenvalue weighted by Gasteiger charge is 2.27. The fraction of sp³-hybridized carbons (Fsp3) is 0.571. The van der Waals surface area contributed by atoms with E-state index in [4.69, 9.17) is 38.7 Å². The number of ether oxygens (including phenoxy) is 6. The largest absolute Gasteiger partial charge is 0.487 e. The van der Waals surface area contributed by atoms with Crippen molar-refractivity contribution >= 4 is 35.0 Å². The first-order valence-electron chi connectivity index (χ1n) is 16.9. The molecule has 0 radical (unpaired) electrons. The maximum absolute atomic E-state index is 12.9. The van der Waals surface area contributed by atoms with Crippen molar-refractivity contribution in [2.24, 2.45) is 0 Å². The molecule has 3 aromatic heterocycles. The summed E-state index contributed by atoms with van der Waals surface area (Å²) in [7, 11) is 0. The quantitative estimate of drug-likeness (QED) is 0.129. The molecular formula is C35H47N7O9. The van der Waals surface area contributed by atoms with Crippen LogP contribution in [-0.2, 0) is 33.3 Å². The summed E-state index contributed by atoms with van der Waals surface area (Å²) in [6.07, 6.45) is 3.78. The Morgan fingerprint density at radius 2 is 1.75 bits per heavy atom. The van der Waals surface area contributed by atoms with Crippen LogP contribution in [0, 0.1) is 11.3 Å². The van der Waals surface area contributed by atoms with Crippen LogP contribution in [0.5, 0.6) is 5.75 Å². The SMILES string of the molecule is CC(C)(C)OC(=O)CC[C@H](NC(=O)OC(C)(C)C)C(=O)OCCOCCOc1cc2ncn(-c3ccc(C#N)cn3)c2nc1NC1CCOCC1. The van der Waals surface area contributed by atoms with Crippen molar-refractivity contribution in [1.82, 2.24) is 24.8 Å². The van der Waals surface area contributed by atoms with Gasteiger partial charge in [0.1, 0.15) is 54.2 Å². The highest BCUT2D eigenvalue weighted by Crippen LogP contribution is 2.29. The van der Waals surface area contributed by atoms with Gasteiger partial charge in [-0.3, -0.25) is 9.36 Å². The van der Waals surface area contributed by atoms with Gasteiger partial charge in [-0.25, -0.2) is 24.5 Å². The number of nitrogens with zero attached hydrogens (tertiary/aromatic N) is 5. The van der Waals surface area contributed by atoms with Gasteiger partial charge in [-0.1, -0.05) is 0 Å². The standard InChI is InChI=1S/C35H47N7O9/c1-34(2,3)50-29(43)10-8-25(40-33(45)51-35(4,5)6)32(44)49-18-16-47-15-17-48-27-19-26-31(41-30(27)39-24-11-13-46-14-12-24)42(22-38-26)28-9-7-23(20-36)21-37-28/h7,9,19,21-22,24-25H,8,10-18H2,1-6H3,(H,39,41)(H,40,45)/t25-/m0/s1. The molecule has 51 heavy (non-hydrogen) atoms. The Morgan fingerprint density at radius 1 is 1.02 bits per heavy atom. The minimum absolute atomic E-state index is 0.0352. The molecule has 1 fully saturated rings. The Balaban J connectivity index is 1.31. The second-order valence-electron chi connectivity index (χ2n) is 13.8. The molecule has 0 unspecified atom stereocenters. The minimum Gasteiger partial charge on any atom is -0.487 e. The molecule has 4 heterocycles. The zero-order chi connectivity index (χ0) is 37.0. The summed E-state index contributed by atoms with van der Waals surface area (Å²) < 4.78 is 34.9. The second kappa shape index (κ2) is 17.8. The normalized spacial score (nSPS) is 14.3. The van der Waals surface area contributed by atoms with Gasteiger partial charge in [0.15, 0.2) is 17.2 Å². The highest BCUT2D eigenvalue weighted by atomic mass is 16.6. The number of imidazole rings is 1. The molecule has 1 amide bonds. The molecule has 1 atom stereocenters. The highest BCUT2D eigenvalue weighted by molar-refractivity contribution is 5.82. The van der Waals surface area contributed by atoms with Crippen LogP contribution in [0.1, 0.15) is 72.8 Å². The van der Waals surface area contributed by atoms with Crippen LogP contribution in [0.25, 0.3) is 17.0 Å². The maximum Gasteiger partial charge on any atom is 0.408 e.